The van der Waals surface area contributed by atoms with E-state index in [1.54, 1.807) is 6.07 Å². The molecule has 0 atom stereocenters. The molecule has 0 saturated heterocycles. The summed E-state index contributed by atoms with van der Waals surface area (Å²) in [6.45, 7) is 0. The van der Waals surface area contributed by atoms with Crippen LogP contribution in [0.5, 0.6) is 0 Å². The number of furan rings is 1. The normalized spacial score (nSPS) is 13.3. The van der Waals surface area contributed by atoms with Crippen LogP contribution in [0.15, 0.2) is 150 Å². The number of hydrogen-bond acceptors (Lipinski definition) is 1. The summed E-state index contributed by atoms with van der Waals surface area (Å²) in [7, 11) is 0. The van der Waals surface area contributed by atoms with E-state index in [9.17, 15) is 0 Å². The fraction of sp³-hybridized carbons (Fsp3) is 0. The van der Waals surface area contributed by atoms with Crippen molar-refractivity contribution >= 4 is 65.0 Å². The van der Waals surface area contributed by atoms with Gasteiger partial charge in [-0.05, 0) is 95.7 Å². The first-order valence-corrected chi connectivity index (χ1v) is 13.8. The van der Waals surface area contributed by atoms with Gasteiger partial charge < -0.3 is 4.42 Å². The van der Waals surface area contributed by atoms with E-state index >= 15 is 0 Å². The first-order chi connectivity index (χ1) is 22.0. The first kappa shape index (κ1) is 18.8. The van der Waals surface area contributed by atoms with Crippen molar-refractivity contribution < 1.29 is 9.90 Å². The molecule has 0 aliphatic heterocycles. The summed E-state index contributed by atoms with van der Waals surface area (Å²) in [6, 6.07) is 41.6. The van der Waals surface area contributed by atoms with E-state index in [4.69, 9.17) is 9.90 Å². The Labute approximate surface area is 242 Å². The van der Waals surface area contributed by atoms with Gasteiger partial charge in [-0.2, -0.15) is 0 Å². The molecule has 0 bridgehead atoms. The van der Waals surface area contributed by atoms with E-state index in [1.165, 1.54) is 32.7 Å². The van der Waals surface area contributed by atoms with Gasteiger partial charge in [-0.3, -0.25) is 0 Å². The highest BCUT2D eigenvalue weighted by atomic mass is 16.3. The molecule has 190 valence electrons. The van der Waals surface area contributed by atoms with Crippen LogP contribution in [-0.4, -0.2) is 0 Å². The minimum Gasteiger partial charge on any atom is -0.456 e. The molecule has 1 heteroatoms. The molecule has 0 unspecified atom stereocenters. The lowest BCUT2D eigenvalue weighted by Gasteiger charge is -2.18. The molecule has 0 fully saturated rings. The molecule has 0 spiro atoms. The van der Waals surface area contributed by atoms with Gasteiger partial charge in [0, 0.05) is 10.8 Å². The third-order valence-corrected chi connectivity index (χ3v) is 8.33. The second-order valence-corrected chi connectivity index (χ2v) is 10.6. The third kappa shape index (κ3) is 3.36. The third-order valence-electron chi connectivity index (χ3n) is 8.33. The molecule has 0 aliphatic rings. The Morgan fingerprint density at radius 2 is 0.927 bits per heavy atom. The standard InChI is InChI=1S/C40H24O/c1-2-10-26-21-29(18-17-25(26)9-1)39-32-13-5-7-15-34(32)40(35-16-8-6-14-33(35)39)30-19-20-31-36-22-27-11-3-4-12-28(27)23-38(36)41-37(31)24-30/h1-24H/i3D,4D,11D,12D. The lowest BCUT2D eigenvalue weighted by molar-refractivity contribution is 0.669. The molecule has 9 aromatic rings. The first-order valence-electron chi connectivity index (χ1n) is 15.8. The lowest BCUT2D eigenvalue weighted by atomic mass is 9.85. The number of benzene rings is 8. The molecule has 0 aliphatic carbocycles. The molecular formula is C40H24O. The second kappa shape index (κ2) is 8.55. The fourth-order valence-electron chi connectivity index (χ4n) is 6.48. The summed E-state index contributed by atoms with van der Waals surface area (Å²) in [4.78, 5) is 0. The summed E-state index contributed by atoms with van der Waals surface area (Å²) >= 11 is 0. The van der Waals surface area contributed by atoms with Crippen LogP contribution in [0.3, 0.4) is 0 Å². The molecular weight excluding hydrogens is 496 g/mol. The number of rotatable bonds is 2. The van der Waals surface area contributed by atoms with Gasteiger partial charge in [0.15, 0.2) is 0 Å². The zero-order chi connectivity index (χ0) is 30.4. The summed E-state index contributed by atoms with van der Waals surface area (Å²) in [5.74, 6) is 0. The van der Waals surface area contributed by atoms with Gasteiger partial charge in [0.1, 0.15) is 11.2 Å². The maximum atomic E-state index is 8.46. The maximum absolute atomic E-state index is 8.46. The topological polar surface area (TPSA) is 13.1 Å². The van der Waals surface area contributed by atoms with E-state index in [2.05, 4.69) is 109 Å². The van der Waals surface area contributed by atoms with Crippen LogP contribution >= 0.6 is 0 Å². The van der Waals surface area contributed by atoms with Gasteiger partial charge in [0.05, 0.1) is 5.48 Å². The Hall–Kier alpha value is -5.40. The molecule has 8 aromatic carbocycles. The average molecular weight is 525 g/mol. The zero-order valence-corrected chi connectivity index (χ0v) is 22.0. The molecule has 0 N–H and O–H groups in total. The highest BCUT2D eigenvalue weighted by Gasteiger charge is 2.18. The van der Waals surface area contributed by atoms with Crippen molar-refractivity contribution in [1.29, 1.82) is 0 Å². The van der Waals surface area contributed by atoms with Crippen molar-refractivity contribution in [2.45, 2.75) is 0 Å². The summed E-state index contributed by atoms with van der Waals surface area (Å²) in [5, 5.41) is 9.78. The predicted molar refractivity (Wildman–Crippen MR) is 175 cm³/mol. The van der Waals surface area contributed by atoms with Crippen molar-refractivity contribution in [3.8, 4) is 22.3 Å². The Morgan fingerprint density at radius 3 is 1.61 bits per heavy atom. The van der Waals surface area contributed by atoms with E-state index in [0.29, 0.717) is 21.9 Å². The molecule has 0 saturated carbocycles. The van der Waals surface area contributed by atoms with Gasteiger partial charge in [0.25, 0.3) is 0 Å². The van der Waals surface area contributed by atoms with E-state index in [0.717, 1.165) is 32.7 Å². The summed E-state index contributed by atoms with van der Waals surface area (Å²) in [5.41, 5.74) is 5.88. The minimum atomic E-state index is -0.240. The van der Waals surface area contributed by atoms with Crippen LogP contribution < -0.4 is 0 Å². The Balaban J connectivity index is 1.32. The summed E-state index contributed by atoms with van der Waals surface area (Å²) in [6.07, 6.45) is 0. The molecule has 9 rings (SSSR count). The van der Waals surface area contributed by atoms with Crippen LogP contribution in [0, 0.1) is 0 Å². The van der Waals surface area contributed by atoms with E-state index in [1.807, 2.05) is 6.07 Å². The minimum absolute atomic E-state index is 0.0386. The van der Waals surface area contributed by atoms with Gasteiger partial charge >= 0.3 is 0 Å². The van der Waals surface area contributed by atoms with Crippen LogP contribution in [0.2, 0.25) is 0 Å². The average Bonchev–Trinajstić information content (AvgIpc) is 3.44. The highest BCUT2D eigenvalue weighted by molar-refractivity contribution is 6.22. The Morgan fingerprint density at radius 1 is 0.390 bits per heavy atom. The van der Waals surface area contributed by atoms with Crippen molar-refractivity contribution in [1.82, 2.24) is 0 Å². The monoisotopic (exact) mass is 524 g/mol. The van der Waals surface area contributed by atoms with Crippen molar-refractivity contribution in [2.24, 2.45) is 0 Å². The lowest BCUT2D eigenvalue weighted by Crippen LogP contribution is -1.91. The van der Waals surface area contributed by atoms with Crippen molar-refractivity contribution in [3.63, 3.8) is 0 Å². The van der Waals surface area contributed by atoms with Crippen LogP contribution in [0.1, 0.15) is 5.48 Å². The molecule has 0 amide bonds. The van der Waals surface area contributed by atoms with Crippen LogP contribution in [0.4, 0.5) is 0 Å². The van der Waals surface area contributed by atoms with Gasteiger partial charge in [-0.25, -0.2) is 0 Å². The largest absolute Gasteiger partial charge is 0.456 e. The maximum Gasteiger partial charge on any atom is 0.136 e. The SMILES string of the molecule is [2H]c1c([2H])c([2H])c2cc3c(cc2c1[2H])oc1cc(-c2c4ccccc4c(-c4ccc5ccccc5c4)c4ccccc24)ccc13. The summed E-state index contributed by atoms with van der Waals surface area (Å²) < 4.78 is 39.5. The molecule has 0 radical (unpaired) electrons. The van der Waals surface area contributed by atoms with Gasteiger partial charge in [-0.1, -0.05) is 115 Å². The highest BCUT2D eigenvalue weighted by Crippen LogP contribution is 2.45. The predicted octanol–water partition coefficient (Wildman–Crippen LogP) is 11.5. The molecule has 1 heterocycles. The Bertz CT molecular complexity index is 2650. The number of fused-ring (bicyclic) bond motifs is 7. The van der Waals surface area contributed by atoms with Gasteiger partial charge in [-0.15, -0.1) is 0 Å². The van der Waals surface area contributed by atoms with Crippen LogP contribution in [0.25, 0.3) is 87.3 Å². The van der Waals surface area contributed by atoms with E-state index in [-0.39, 0.29) is 24.2 Å². The fourth-order valence-corrected chi connectivity index (χ4v) is 6.48. The van der Waals surface area contributed by atoms with Crippen LogP contribution in [-0.2, 0) is 0 Å². The zero-order valence-electron chi connectivity index (χ0n) is 26.0. The molecule has 1 nitrogen and oxygen atoms in total. The van der Waals surface area contributed by atoms with Crippen molar-refractivity contribution in [2.75, 3.05) is 0 Å². The van der Waals surface area contributed by atoms with Crippen molar-refractivity contribution in [3.05, 3.63) is 145 Å². The molecule has 1 aromatic heterocycles. The Kier molecular flexibility index (Phi) is 3.92. The molecule has 41 heavy (non-hydrogen) atoms. The quantitative estimate of drug-likeness (QED) is 0.205. The smallest absolute Gasteiger partial charge is 0.136 e. The second-order valence-electron chi connectivity index (χ2n) is 10.6. The number of hydrogen-bond donors (Lipinski definition) is 0. The van der Waals surface area contributed by atoms with E-state index < -0.39 is 0 Å². The van der Waals surface area contributed by atoms with Gasteiger partial charge in [0.2, 0.25) is 0 Å².